The van der Waals surface area contributed by atoms with Crippen molar-refractivity contribution in [2.24, 2.45) is 5.92 Å². The quantitative estimate of drug-likeness (QED) is 0.257. The summed E-state index contributed by atoms with van der Waals surface area (Å²) in [6.45, 7) is 6.65. The molecule has 1 heterocycles. The largest absolute Gasteiger partial charge is 0.342 e. The molecular weight excluding hydrogens is 450 g/mol. The van der Waals surface area contributed by atoms with Crippen LogP contribution in [0.3, 0.4) is 0 Å². The molecule has 1 atom stereocenters. The molecule has 0 saturated heterocycles. The number of carbonyl (C=O) groups is 1. The van der Waals surface area contributed by atoms with Gasteiger partial charge in [0.2, 0.25) is 0 Å². The highest BCUT2D eigenvalue weighted by molar-refractivity contribution is 7.98. The molecule has 0 unspecified atom stereocenters. The summed E-state index contributed by atoms with van der Waals surface area (Å²) < 4.78 is 1.98. The van der Waals surface area contributed by atoms with Gasteiger partial charge in [0.1, 0.15) is 0 Å². The number of hydrogen-bond acceptors (Lipinski definition) is 6. The van der Waals surface area contributed by atoms with Gasteiger partial charge in [0.25, 0.3) is 11.6 Å². The maximum Gasteiger partial charge on any atom is 0.269 e. The molecule has 1 aromatic heterocycles. The fourth-order valence-electron chi connectivity index (χ4n) is 3.19. The van der Waals surface area contributed by atoms with Gasteiger partial charge in [-0.15, -0.1) is 10.2 Å². The highest BCUT2D eigenvalue weighted by atomic mass is 35.5. The van der Waals surface area contributed by atoms with E-state index in [1.165, 1.54) is 23.9 Å². The van der Waals surface area contributed by atoms with Crippen LogP contribution in [0.4, 0.5) is 5.69 Å². The number of aromatic nitrogens is 3. The Morgan fingerprint density at radius 2 is 1.88 bits per heavy atom. The molecule has 3 aromatic rings. The van der Waals surface area contributed by atoms with Crippen LogP contribution < -0.4 is 5.32 Å². The van der Waals surface area contributed by atoms with E-state index in [1.807, 2.05) is 25.3 Å². The molecular formula is C22H24ClN5O3S. The maximum absolute atomic E-state index is 12.8. The molecule has 0 fully saturated rings. The van der Waals surface area contributed by atoms with Crippen molar-refractivity contribution >= 4 is 35.0 Å². The molecule has 10 heteroatoms. The van der Waals surface area contributed by atoms with E-state index in [-0.39, 0.29) is 23.6 Å². The number of thioether (sulfide) groups is 1. The Morgan fingerprint density at radius 1 is 1.19 bits per heavy atom. The summed E-state index contributed by atoms with van der Waals surface area (Å²) >= 11 is 7.67. The van der Waals surface area contributed by atoms with Crippen molar-refractivity contribution in [3.05, 3.63) is 80.6 Å². The average molecular weight is 474 g/mol. The van der Waals surface area contributed by atoms with Crippen molar-refractivity contribution in [2.45, 2.75) is 44.3 Å². The Labute approximate surface area is 195 Å². The van der Waals surface area contributed by atoms with Gasteiger partial charge in [-0.2, -0.15) is 0 Å². The minimum Gasteiger partial charge on any atom is -0.342 e. The highest BCUT2D eigenvalue weighted by Gasteiger charge is 2.26. The topological polar surface area (TPSA) is 103 Å². The maximum atomic E-state index is 12.8. The number of rotatable bonds is 9. The molecule has 0 spiro atoms. The first kappa shape index (κ1) is 23.7. The Kier molecular flexibility index (Phi) is 7.87. The van der Waals surface area contributed by atoms with Gasteiger partial charge < -0.3 is 9.88 Å². The number of carbonyl (C=O) groups excluding carboxylic acids is 1. The number of non-ortho nitro benzene ring substituents is 1. The van der Waals surface area contributed by atoms with E-state index in [0.717, 1.165) is 10.7 Å². The van der Waals surface area contributed by atoms with Crippen LogP contribution in [0.25, 0.3) is 0 Å². The molecule has 1 amide bonds. The SMILES string of the molecule is CCn1c(SCc2ccc([N+](=O)[O-])cc2)nnc1[C@@H](NC(=O)c1ccccc1Cl)C(C)C. The van der Waals surface area contributed by atoms with Crippen LogP contribution in [0, 0.1) is 16.0 Å². The zero-order chi connectivity index (χ0) is 23.3. The summed E-state index contributed by atoms with van der Waals surface area (Å²) in [4.78, 5) is 23.2. The van der Waals surface area contributed by atoms with Gasteiger partial charge in [-0.25, -0.2) is 0 Å². The zero-order valence-electron chi connectivity index (χ0n) is 18.0. The van der Waals surface area contributed by atoms with Crippen LogP contribution >= 0.6 is 23.4 Å². The van der Waals surface area contributed by atoms with Gasteiger partial charge in [0.15, 0.2) is 11.0 Å². The first-order valence-corrected chi connectivity index (χ1v) is 11.5. The summed E-state index contributed by atoms with van der Waals surface area (Å²) in [6.07, 6.45) is 0. The van der Waals surface area contributed by atoms with Gasteiger partial charge in [-0.1, -0.05) is 61.5 Å². The van der Waals surface area contributed by atoms with Gasteiger partial charge in [0, 0.05) is 24.4 Å². The van der Waals surface area contributed by atoms with E-state index in [0.29, 0.717) is 28.7 Å². The minimum atomic E-state index is -0.417. The molecule has 3 rings (SSSR count). The number of amides is 1. The lowest BCUT2D eigenvalue weighted by Crippen LogP contribution is -2.34. The van der Waals surface area contributed by atoms with Crippen molar-refractivity contribution in [1.82, 2.24) is 20.1 Å². The highest BCUT2D eigenvalue weighted by Crippen LogP contribution is 2.28. The Morgan fingerprint density at radius 3 is 2.47 bits per heavy atom. The molecule has 0 aliphatic rings. The van der Waals surface area contributed by atoms with E-state index in [2.05, 4.69) is 15.5 Å². The lowest BCUT2D eigenvalue weighted by molar-refractivity contribution is -0.384. The molecule has 0 saturated carbocycles. The predicted molar refractivity (Wildman–Crippen MR) is 125 cm³/mol. The number of benzene rings is 2. The summed E-state index contributed by atoms with van der Waals surface area (Å²) in [7, 11) is 0. The minimum absolute atomic E-state index is 0.0618. The van der Waals surface area contributed by atoms with Crippen LogP contribution in [0.5, 0.6) is 0 Å². The number of nitro benzene ring substituents is 1. The Bertz CT molecular complexity index is 1100. The molecule has 168 valence electrons. The van der Waals surface area contributed by atoms with Crippen LogP contribution in [0.1, 0.15) is 48.6 Å². The lowest BCUT2D eigenvalue weighted by atomic mass is 10.0. The number of hydrogen-bond donors (Lipinski definition) is 1. The van der Waals surface area contributed by atoms with E-state index in [9.17, 15) is 14.9 Å². The number of nitro groups is 1. The van der Waals surface area contributed by atoms with E-state index in [1.54, 1.807) is 36.4 Å². The first-order chi connectivity index (χ1) is 15.3. The number of nitrogens with zero attached hydrogens (tertiary/aromatic N) is 4. The lowest BCUT2D eigenvalue weighted by Gasteiger charge is -2.22. The molecule has 0 radical (unpaired) electrons. The Balaban J connectivity index is 1.78. The van der Waals surface area contributed by atoms with Crippen LogP contribution in [0.2, 0.25) is 5.02 Å². The van der Waals surface area contributed by atoms with Gasteiger partial charge >= 0.3 is 0 Å². The molecule has 0 bridgehead atoms. The fraction of sp³-hybridized carbons (Fsp3) is 0.318. The molecule has 2 aromatic carbocycles. The van der Waals surface area contributed by atoms with E-state index >= 15 is 0 Å². The second kappa shape index (κ2) is 10.6. The summed E-state index contributed by atoms with van der Waals surface area (Å²) in [5.41, 5.74) is 1.42. The first-order valence-electron chi connectivity index (χ1n) is 10.2. The third kappa shape index (κ3) is 5.46. The van der Waals surface area contributed by atoms with Crippen molar-refractivity contribution in [2.75, 3.05) is 0 Å². The monoisotopic (exact) mass is 473 g/mol. The van der Waals surface area contributed by atoms with E-state index < -0.39 is 4.92 Å². The molecule has 8 nitrogen and oxygen atoms in total. The molecule has 32 heavy (non-hydrogen) atoms. The summed E-state index contributed by atoms with van der Waals surface area (Å²) in [5.74, 6) is 1.08. The normalized spacial score (nSPS) is 12.0. The van der Waals surface area contributed by atoms with Crippen LogP contribution in [-0.2, 0) is 12.3 Å². The molecule has 0 aliphatic heterocycles. The van der Waals surface area contributed by atoms with Crippen molar-refractivity contribution < 1.29 is 9.72 Å². The molecule has 1 N–H and O–H groups in total. The van der Waals surface area contributed by atoms with Gasteiger partial charge in [0.05, 0.1) is 21.6 Å². The Hall–Kier alpha value is -2.91. The van der Waals surface area contributed by atoms with Crippen LogP contribution in [-0.4, -0.2) is 25.6 Å². The van der Waals surface area contributed by atoms with Crippen LogP contribution in [0.15, 0.2) is 53.7 Å². The third-order valence-electron chi connectivity index (χ3n) is 4.93. The van der Waals surface area contributed by atoms with E-state index in [4.69, 9.17) is 11.6 Å². The second-order valence-corrected chi connectivity index (χ2v) is 8.82. The average Bonchev–Trinajstić information content (AvgIpc) is 3.18. The van der Waals surface area contributed by atoms with Crippen molar-refractivity contribution in [1.29, 1.82) is 0 Å². The van der Waals surface area contributed by atoms with Crippen molar-refractivity contribution in [3.8, 4) is 0 Å². The second-order valence-electron chi connectivity index (χ2n) is 7.47. The fourth-order valence-corrected chi connectivity index (χ4v) is 4.38. The molecule has 0 aliphatic carbocycles. The predicted octanol–water partition coefficient (Wildman–Crippen LogP) is 5.28. The number of halogens is 1. The smallest absolute Gasteiger partial charge is 0.269 e. The van der Waals surface area contributed by atoms with Gasteiger partial charge in [-0.05, 0) is 30.5 Å². The third-order valence-corrected chi connectivity index (χ3v) is 6.29. The van der Waals surface area contributed by atoms with Gasteiger partial charge in [-0.3, -0.25) is 14.9 Å². The number of nitrogens with one attached hydrogen (secondary N) is 1. The summed E-state index contributed by atoms with van der Waals surface area (Å²) in [5, 5.41) is 23.7. The van der Waals surface area contributed by atoms with Crippen molar-refractivity contribution in [3.63, 3.8) is 0 Å². The summed E-state index contributed by atoms with van der Waals surface area (Å²) in [6, 6.07) is 13.0. The zero-order valence-corrected chi connectivity index (χ0v) is 19.6. The standard InChI is InChI=1S/C22H24ClN5O3S/c1-4-27-20(19(14(2)3)24-21(29)17-7-5-6-8-18(17)23)25-26-22(27)32-13-15-9-11-16(12-10-15)28(30)31/h5-12,14,19H,4,13H2,1-3H3,(H,24,29)/t19-/m0/s1.